The minimum atomic E-state index is -1.75. The first-order valence-electron chi connectivity index (χ1n) is 32.5. The third kappa shape index (κ3) is 25.0. The number of carboxylic acid groups (broad SMARTS) is 1. The SMILES string of the molecule is CCCCCC(=O)O.CCNC(=O)[C@@H]1CCCN1C(=O)[C@H](CCCNC(=N)N)NC(=O)[C@H](CC(C)C)NC(=O)[C@@H](CC(C)C)NC(=O)[C@H](Cc1ccc(O)cc1)NC(=O)[C@H](CO)NC(=O)[C@H](Cc1c[nH]c2ccccc12)NC(=O)[C@H](Cc1cnc[nH]1)NC(=O)[C@@H]1CCC(=O)N1. The zero-order valence-corrected chi connectivity index (χ0v) is 54.9. The Kier molecular flexibility index (Phi) is 30.9. The number of nitrogens with two attached hydrogens (primary N) is 1. The van der Waals surface area contributed by atoms with E-state index in [0.717, 1.165) is 24.8 Å². The van der Waals surface area contributed by atoms with Gasteiger partial charge in [-0.1, -0.05) is 77.8 Å². The Hall–Kier alpha value is -9.61. The van der Waals surface area contributed by atoms with Crippen LogP contribution in [0.2, 0.25) is 0 Å². The number of hydrogen-bond donors (Lipinski definition) is 17. The zero-order chi connectivity index (χ0) is 69.7. The van der Waals surface area contributed by atoms with Gasteiger partial charge in [-0.3, -0.25) is 58.1 Å². The molecule has 10 amide bonds. The molecule has 18 N–H and O–H groups in total. The Morgan fingerprint density at radius 1 is 0.684 bits per heavy atom. The summed E-state index contributed by atoms with van der Waals surface area (Å²) in [4.78, 5) is 161. The van der Waals surface area contributed by atoms with Crippen LogP contribution in [0.25, 0.3) is 10.9 Å². The maximum atomic E-state index is 14.7. The number of aromatic nitrogens is 3. The van der Waals surface area contributed by atoms with E-state index in [9.17, 15) is 63.0 Å². The first kappa shape index (κ1) is 76.1. The lowest BCUT2D eigenvalue weighted by atomic mass is 9.98. The van der Waals surface area contributed by atoms with Crippen LogP contribution in [0.1, 0.15) is 135 Å². The second-order valence-corrected chi connectivity index (χ2v) is 24.7. The van der Waals surface area contributed by atoms with Gasteiger partial charge in [0.15, 0.2) is 5.96 Å². The van der Waals surface area contributed by atoms with Crippen molar-refractivity contribution in [3.8, 4) is 5.75 Å². The number of carbonyl (C=O) groups is 11. The number of aliphatic hydroxyl groups is 1. The van der Waals surface area contributed by atoms with E-state index in [1.807, 2.05) is 19.9 Å². The molecule has 0 unspecified atom stereocenters. The van der Waals surface area contributed by atoms with Crippen molar-refractivity contribution in [2.75, 3.05) is 26.2 Å². The molecule has 9 atom stereocenters. The number of unbranched alkanes of at least 4 members (excludes halogenated alkanes) is 2. The molecule has 2 aromatic carbocycles. The number of aromatic amines is 2. The fourth-order valence-electron chi connectivity index (χ4n) is 11.1. The van der Waals surface area contributed by atoms with Crippen LogP contribution in [-0.2, 0) is 72.0 Å². The number of nitrogens with zero attached hydrogens (tertiary/aromatic N) is 2. The van der Waals surface area contributed by atoms with Crippen LogP contribution in [0.3, 0.4) is 0 Å². The molecular weight excluding hydrogens is 1230 g/mol. The van der Waals surface area contributed by atoms with Gasteiger partial charge in [0.05, 0.1) is 12.9 Å². The van der Waals surface area contributed by atoms with E-state index in [-0.39, 0.29) is 99.8 Å². The van der Waals surface area contributed by atoms with Crippen LogP contribution in [-0.4, -0.2) is 187 Å². The normalized spacial score (nSPS) is 16.5. The molecule has 520 valence electrons. The number of carboxylic acids is 1. The summed E-state index contributed by atoms with van der Waals surface area (Å²) in [6, 6.07) is 1.56. The maximum absolute atomic E-state index is 14.7. The summed E-state index contributed by atoms with van der Waals surface area (Å²) in [6.45, 7) is 10.9. The Morgan fingerprint density at radius 2 is 1.26 bits per heavy atom. The lowest BCUT2D eigenvalue weighted by Gasteiger charge is -2.31. The molecule has 0 bridgehead atoms. The molecule has 6 rings (SSSR count). The van der Waals surface area contributed by atoms with Gasteiger partial charge in [-0.05, 0) is 99.5 Å². The topological polar surface area (TPSA) is 466 Å². The van der Waals surface area contributed by atoms with Crippen molar-refractivity contribution in [3.63, 3.8) is 0 Å². The van der Waals surface area contributed by atoms with E-state index in [1.165, 1.54) is 41.7 Å². The molecule has 0 radical (unpaired) electrons. The van der Waals surface area contributed by atoms with Gasteiger partial charge in [0, 0.05) is 80.7 Å². The van der Waals surface area contributed by atoms with Gasteiger partial charge < -0.3 is 89.1 Å². The fraction of sp³-hybridized carbons (Fsp3) is 0.554. The molecule has 0 saturated carbocycles. The molecule has 0 spiro atoms. The largest absolute Gasteiger partial charge is 0.508 e. The number of phenolic OH excluding ortho intramolecular Hbond substituents is 1. The Bertz CT molecular complexity index is 3230. The van der Waals surface area contributed by atoms with Crippen molar-refractivity contribution in [2.24, 2.45) is 17.6 Å². The van der Waals surface area contributed by atoms with E-state index >= 15 is 0 Å². The number of amides is 10. The van der Waals surface area contributed by atoms with E-state index in [2.05, 4.69) is 75.0 Å². The number of nitrogens with one attached hydrogen (secondary N) is 13. The van der Waals surface area contributed by atoms with Crippen molar-refractivity contribution in [1.82, 2.24) is 73.0 Å². The number of imidazole rings is 1. The quantitative estimate of drug-likeness (QED) is 0.0167. The fourth-order valence-corrected chi connectivity index (χ4v) is 11.1. The molecular formula is C65H96N16O14. The summed E-state index contributed by atoms with van der Waals surface area (Å²) in [5.74, 6) is -8.38. The van der Waals surface area contributed by atoms with Gasteiger partial charge >= 0.3 is 5.97 Å². The Morgan fingerprint density at radius 3 is 1.82 bits per heavy atom. The first-order chi connectivity index (χ1) is 45.3. The Labute approximate surface area is 552 Å². The number of fused-ring (bicyclic) bond motifs is 1. The number of guanidine groups is 1. The molecule has 2 aliphatic heterocycles. The average molecular weight is 1330 g/mol. The van der Waals surface area contributed by atoms with E-state index in [1.54, 1.807) is 45.2 Å². The first-order valence-corrected chi connectivity index (χ1v) is 32.5. The summed E-state index contributed by atoms with van der Waals surface area (Å²) >= 11 is 0. The number of H-pyrrole nitrogens is 2. The molecule has 2 fully saturated rings. The van der Waals surface area contributed by atoms with Gasteiger partial charge in [0.2, 0.25) is 59.1 Å². The minimum Gasteiger partial charge on any atom is -0.508 e. The number of aliphatic hydroxyl groups excluding tert-OH is 1. The van der Waals surface area contributed by atoms with Crippen molar-refractivity contribution in [3.05, 3.63) is 84.1 Å². The third-order valence-corrected chi connectivity index (χ3v) is 15.9. The molecule has 0 aliphatic carbocycles. The minimum absolute atomic E-state index is 0.0380. The second-order valence-electron chi connectivity index (χ2n) is 24.7. The predicted molar refractivity (Wildman–Crippen MR) is 351 cm³/mol. The summed E-state index contributed by atoms with van der Waals surface area (Å²) in [7, 11) is 0. The smallest absolute Gasteiger partial charge is 0.303 e. The number of phenols is 1. The molecule has 4 heterocycles. The highest BCUT2D eigenvalue weighted by molar-refractivity contribution is 5.99. The van der Waals surface area contributed by atoms with Gasteiger partial charge in [-0.2, -0.15) is 0 Å². The van der Waals surface area contributed by atoms with E-state index < -0.39 is 114 Å². The van der Waals surface area contributed by atoms with Crippen molar-refractivity contribution in [2.45, 2.75) is 192 Å². The van der Waals surface area contributed by atoms with Crippen molar-refractivity contribution >= 4 is 81.9 Å². The molecule has 95 heavy (non-hydrogen) atoms. The molecule has 4 aromatic rings. The van der Waals surface area contributed by atoms with Crippen LogP contribution in [0.4, 0.5) is 0 Å². The molecule has 2 saturated heterocycles. The number of likely N-dealkylation sites (N-methyl/N-ethyl adjacent to an activating group) is 1. The van der Waals surface area contributed by atoms with Crippen LogP contribution >= 0.6 is 0 Å². The number of benzene rings is 2. The van der Waals surface area contributed by atoms with Crippen molar-refractivity contribution < 1.29 is 68.1 Å². The number of para-hydroxylation sites is 1. The lowest BCUT2D eigenvalue weighted by Crippen LogP contribution is -2.61. The average Bonchev–Trinajstić information content (AvgIpc) is 1.84. The van der Waals surface area contributed by atoms with Crippen LogP contribution in [0, 0.1) is 17.2 Å². The monoisotopic (exact) mass is 1320 g/mol. The number of aromatic hydroxyl groups is 1. The number of aliphatic carboxylic acids is 1. The number of carbonyl (C=O) groups excluding carboxylic acids is 10. The lowest BCUT2D eigenvalue weighted by molar-refractivity contribution is -0.142. The molecule has 30 heteroatoms. The standard InChI is InChI=1S/C59H84N16O12.C6H12O2/c1-6-63-57(86)48-14-10-22-75(48)58(87)41(13-9-21-64-59(60)61)68-51(80)42(23-32(2)3)69-52(81)43(24-33(4)5)70-53(82)44(25-34-15-17-37(77)18-16-34)71-56(85)47(30-76)74-54(83)45(26-35-28-65-39-12-8-7-11-38(35)39)72-55(84)46(27-36-29-62-31-66-36)73-50(79)40-19-20-49(78)67-40;1-2-3-4-5-6(7)8/h7-8,11-12,15-18,28-29,31-33,40-48,65,76-77H,6,9-10,13-14,19-27,30H2,1-5H3,(H,62,66)(H,63,86)(H,67,78)(H,68,80)(H,69,81)(H,70,82)(H,71,85)(H,72,84)(H,73,79)(H,74,83)(H4,60,61,64);2-5H2,1H3,(H,7,8)/t40-,41-,42-,43+,44-,45-,46-,47-,48-;/m0./s1. The van der Waals surface area contributed by atoms with Gasteiger partial charge in [-0.25, -0.2) is 4.98 Å². The summed E-state index contributed by atoms with van der Waals surface area (Å²) < 4.78 is 0. The maximum Gasteiger partial charge on any atom is 0.303 e. The van der Waals surface area contributed by atoms with Crippen molar-refractivity contribution in [1.29, 1.82) is 5.41 Å². The highest BCUT2D eigenvalue weighted by atomic mass is 16.4. The molecule has 2 aliphatic rings. The molecule has 30 nitrogen and oxygen atoms in total. The second kappa shape index (κ2) is 38.5. The third-order valence-electron chi connectivity index (χ3n) is 15.9. The van der Waals surface area contributed by atoms with E-state index in [4.69, 9.17) is 16.2 Å². The summed E-state index contributed by atoms with van der Waals surface area (Å²) in [5, 5.41) is 64.3. The Balaban J connectivity index is 0.00000191. The van der Waals surface area contributed by atoms with Crippen LogP contribution < -0.4 is 58.9 Å². The predicted octanol–water partition coefficient (Wildman–Crippen LogP) is 0.423. The highest BCUT2D eigenvalue weighted by Crippen LogP contribution is 2.22. The van der Waals surface area contributed by atoms with Gasteiger partial charge in [-0.15, -0.1) is 0 Å². The summed E-state index contributed by atoms with van der Waals surface area (Å²) in [5.41, 5.74) is 7.69. The highest BCUT2D eigenvalue weighted by Gasteiger charge is 2.40. The van der Waals surface area contributed by atoms with Gasteiger partial charge in [0.25, 0.3) is 0 Å². The van der Waals surface area contributed by atoms with Crippen LogP contribution in [0.5, 0.6) is 5.75 Å². The molecule has 2 aromatic heterocycles. The number of hydrogen-bond acceptors (Lipinski definition) is 15. The number of likely N-dealkylation sites (tertiary alicyclic amines) is 1. The van der Waals surface area contributed by atoms with E-state index in [0.29, 0.717) is 54.4 Å². The van der Waals surface area contributed by atoms with Crippen LogP contribution in [0.15, 0.2) is 67.3 Å². The van der Waals surface area contributed by atoms with Gasteiger partial charge in [0.1, 0.15) is 60.1 Å². The summed E-state index contributed by atoms with van der Waals surface area (Å²) in [6.07, 6.45) is 9.09. The zero-order valence-electron chi connectivity index (χ0n) is 54.9. The number of rotatable bonds is 36.